The zero-order chi connectivity index (χ0) is 11.3. The van der Waals surface area contributed by atoms with Crippen LogP contribution in [0, 0.1) is 6.92 Å². The Morgan fingerprint density at radius 3 is 2.93 bits per heavy atom. The van der Waals surface area contributed by atoms with Gasteiger partial charge in [0.15, 0.2) is 0 Å². The Balaban J connectivity index is 2.63. The largest absolute Gasteiger partial charge is 0.395 e. The quantitative estimate of drug-likeness (QED) is 0.738. The van der Waals surface area contributed by atoms with Crippen LogP contribution in [0.15, 0.2) is 18.2 Å². The van der Waals surface area contributed by atoms with Crippen molar-refractivity contribution >= 4 is 23.3 Å². The van der Waals surface area contributed by atoms with Gasteiger partial charge in [-0.1, -0.05) is 17.7 Å². The topological polar surface area (TPSA) is 61.4 Å². The number of halogens is 1. The van der Waals surface area contributed by atoms with Crippen molar-refractivity contribution in [3.05, 3.63) is 28.8 Å². The molecule has 4 nitrogen and oxygen atoms in total. The number of urea groups is 1. The van der Waals surface area contributed by atoms with Crippen molar-refractivity contribution in [2.24, 2.45) is 0 Å². The molecule has 0 radical (unpaired) electrons. The minimum atomic E-state index is -0.378. The van der Waals surface area contributed by atoms with Crippen molar-refractivity contribution in [2.45, 2.75) is 6.92 Å². The van der Waals surface area contributed by atoms with Crippen LogP contribution in [-0.4, -0.2) is 24.3 Å². The van der Waals surface area contributed by atoms with Gasteiger partial charge in [0, 0.05) is 6.54 Å². The molecule has 0 aliphatic heterocycles. The van der Waals surface area contributed by atoms with Gasteiger partial charge in [-0.05, 0) is 24.6 Å². The van der Waals surface area contributed by atoms with Crippen molar-refractivity contribution in [3.8, 4) is 0 Å². The van der Waals surface area contributed by atoms with Crippen molar-refractivity contribution in [3.63, 3.8) is 0 Å². The van der Waals surface area contributed by atoms with Gasteiger partial charge in [0.05, 0.1) is 17.3 Å². The van der Waals surface area contributed by atoms with E-state index in [-0.39, 0.29) is 19.2 Å². The van der Waals surface area contributed by atoms with Crippen LogP contribution in [0.1, 0.15) is 5.56 Å². The number of benzene rings is 1. The minimum absolute atomic E-state index is 0.0883. The zero-order valence-corrected chi connectivity index (χ0v) is 9.14. The highest BCUT2D eigenvalue weighted by Gasteiger charge is 2.04. The Morgan fingerprint density at radius 2 is 2.27 bits per heavy atom. The van der Waals surface area contributed by atoms with Gasteiger partial charge in [-0.15, -0.1) is 0 Å². The summed E-state index contributed by atoms with van der Waals surface area (Å²) in [6.45, 7) is 2.04. The van der Waals surface area contributed by atoms with Gasteiger partial charge in [0.2, 0.25) is 0 Å². The second-order valence-electron chi connectivity index (χ2n) is 3.09. The fraction of sp³-hybridized carbons (Fsp3) is 0.300. The molecule has 0 bridgehead atoms. The first kappa shape index (κ1) is 11.8. The molecule has 0 unspecified atom stereocenters. The number of aliphatic hydroxyl groups excluding tert-OH is 1. The van der Waals surface area contributed by atoms with E-state index in [0.29, 0.717) is 10.7 Å². The molecular weight excluding hydrogens is 216 g/mol. The van der Waals surface area contributed by atoms with E-state index in [1.165, 1.54) is 0 Å². The molecule has 0 fully saturated rings. The molecule has 1 aromatic rings. The number of aryl methyl sites for hydroxylation is 1. The molecule has 0 atom stereocenters. The Hall–Kier alpha value is -1.26. The predicted molar refractivity (Wildman–Crippen MR) is 60.3 cm³/mol. The molecule has 3 N–H and O–H groups in total. The van der Waals surface area contributed by atoms with E-state index in [9.17, 15) is 4.79 Å². The maximum atomic E-state index is 11.2. The van der Waals surface area contributed by atoms with E-state index < -0.39 is 0 Å². The summed E-state index contributed by atoms with van der Waals surface area (Å²) in [6.07, 6.45) is 0. The van der Waals surface area contributed by atoms with Crippen LogP contribution >= 0.6 is 11.6 Å². The van der Waals surface area contributed by atoms with E-state index in [0.717, 1.165) is 5.56 Å². The van der Waals surface area contributed by atoms with E-state index in [1.807, 2.05) is 13.0 Å². The Morgan fingerprint density at radius 1 is 1.53 bits per heavy atom. The lowest BCUT2D eigenvalue weighted by molar-refractivity contribution is 0.245. The number of anilines is 1. The maximum Gasteiger partial charge on any atom is 0.319 e. The number of hydrogen-bond acceptors (Lipinski definition) is 2. The molecule has 0 spiro atoms. The van der Waals surface area contributed by atoms with Crippen LogP contribution in [0.4, 0.5) is 10.5 Å². The summed E-state index contributed by atoms with van der Waals surface area (Å²) in [5.74, 6) is 0. The molecule has 0 aliphatic carbocycles. The van der Waals surface area contributed by atoms with Gasteiger partial charge in [-0.2, -0.15) is 0 Å². The van der Waals surface area contributed by atoms with Gasteiger partial charge in [0.1, 0.15) is 0 Å². The molecular formula is C10H13ClN2O2. The molecule has 0 saturated carbocycles. The molecule has 15 heavy (non-hydrogen) atoms. The molecule has 82 valence electrons. The van der Waals surface area contributed by atoms with Gasteiger partial charge < -0.3 is 15.7 Å². The fourth-order valence-electron chi connectivity index (χ4n) is 1.07. The van der Waals surface area contributed by atoms with Crippen LogP contribution < -0.4 is 10.6 Å². The van der Waals surface area contributed by atoms with Crippen molar-refractivity contribution in [2.75, 3.05) is 18.5 Å². The summed E-state index contributed by atoms with van der Waals surface area (Å²) in [4.78, 5) is 11.2. The first-order valence-electron chi connectivity index (χ1n) is 4.55. The molecule has 0 aromatic heterocycles. The number of carbonyl (C=O) groups is 1. The summed E-state index contributed by atoms with van der Waals surface area (Å²) in [6, 6.07) is 4.98. The van der Waals surface area contributed by atoms with Crippen molar-refractivity contribution < 1.29 is 9.90 Å². The molecule has 2 amide bonds. The standard InChI is InChI=1S/C10H13ClN2O2/c1-7-2-3-8(11)9(6-7)13-10(15)12-4-5-14/h2-3,6,14H,4-5H2,1H3,(H2,12,13,15). The van der Waals surface area contributed by atoms with Gasteiger partial charge in [0.25, 0.3) is 0 Å². The third-order valence-electron chi connectivity index (χ3n) is 1.77. The van der Waals surface area contributed by atoms with Gasteiger partial charge in [-0.3, -0.25) is 0 Å². The molecule has 5 heteroatoms. The summed E-state index contributed by atoms with van der Waals surface area (Å²) in [5, 5.41) is 14.1. The maximum absolute atomic E-state index is 11.2. The highest BCUT2D eigenvalue weighted by Crippen LogP contribution is 2.22. The summed E-state index contributed by atoms with van der Waals surface area (Å²) >= 11 is 5.88. The zero-order valence-electron chi connectivity index (χ0n) is 8.38. The van der Waals surface area contributed by atoms with E-state index >= 15 is 0 Å². The van der Waals surface area contributed by atoms with Crippen LogP contribution in [0.25, 0.3) is 0 Å². The lowest BCUT2D eigenvalue weighted by Crippen LogP contribution is -2.31. The molecule has 1 rings (SSSR count). The van der Waals surface area contributed by atoms with Crippen LogP contribution in [0.3, 0.4) is 0 Å². The second kappa shape index (κ2) is 5.58. The summed E-state index contributed by atoms with van der Waals surface area (Å²) in [5.41, 5.74) is 1.57. The average Bonchev–Trinajstić information content (AvgIpc) is 2.20. The molecule has 0 heterocycles. The third-order valence-corrected chi connectivity index (χ3v) is 2.10. The minimum Gasteiger partial charge on any atom is -0.395 e. The number of hydrogen-bond donors (Lipinski definition) is 3. The molecule has 0 aliphatic rings. The van der Waals surface area contributed by atoms with E-state index in [4.69, 9.17) is 16.7 Å². The average molecular weight is 229 g/mol. The number of nitrogens with one attached hydrogen (secondary N) is 2. The SMILES string of the molecule is Cc1ccc(Cl)c(NC(=O)NCCO)c1. The monoisotopic (exact) mass is 228 g/mol. The summed E-state index contributed by atoms with van der Waals surface area (Å²) in [7, 11) is 0. The Kier molecular flexibility index (Phi) is 4.39. The Labute approximate surface area is 93.2 Å². The van der Waals surface area contributed by atoms with Crippen molar-refractivity contribution in [1.82, 2.24) is 5.32 Å². The second-order valence-corrected chi connectivity index (χ2v) is 3.50. The normalized spacial score (nSPS) is 9.80. The first-order valence-corrected chi connectivity index (χ1v) is 4.93. The van der Waals surface area contributed by atoms with Gasteiger partial charge >= 0.3 is 6.03 Å². The number of amides is 2. The summed E-state index contributed by atoms with van der Waals surface area (Å²) < 4.78 is 0. The highest BCUT2D eigenvalue weighted by molar-refractivity contribution is 6.33. The Bertz CT molecular complexity index is 355. The van der Waals surface area contributed by atoms with Crippen molar-refractivity contribution in [1.29, 1.82) is 0 Å². The lowest BCUT2D eigenvalue weighted by Gasteiger charge is -2.08. The highest BCUT2D eigenvalue weighted by atomic mass is 35.5. The molecule has 0 saturated heterocycles. The van der Waals surface area contributed by atoms with E-state index in [2.05, 4.69) is 10.6 Å². The fourth-order valence-corrected chi connectivity index (χ4v) is 1.24. The lowest BCUT2D eigenvalue weighted by atomic mass is 10.2. The number of aliphatic hydroxyl groups is 1. The van der Waals surface area contributed by atoms with E-state index in [1.54, 1.807) is 12.1 Å². The first-order chi connectivity index (χ1) is 7.13. The van der Waals surface area contributed by atoms with Crippen LogP contribution in [0.2, 0.25) is 5.02 Å². The van der Waals surface area contributed by atoms with Crippen LogP contribution in [-0.2, 0) is 0 Å². The van der Waals surface area contributed by atoms with Crippen LogP contribution in [0.5, 0.6) is 0 Å². The van der Waals surface area contributed by atoms with Gasteiger partial charge in [-0.25, -0.2) is 4.79 Å². The smallest absolute Gasteiger partial charge is 0.319 e. The number of rotatable bonds is 3. The predicted octanol–water partition coefficient (Wildman–Crippen LogP) is 1.76. The molecule has 1 aromatic carbocycles. The number of carbonyl (C=O) groups excluding carboxylic acids is 1. The third kappa shape index (κ3) is 3.77.